The van der Waals surface area contributed by atoms with Crippen molar-refractivity contribution in [3.05, 3.63) is 103 Å². The normalized spacial score (nSPS) is 11.4. The van der Waals surface area contributed by atoms with Crippen LogP contribution >= 0.6 is 11.3 Å². The molecule has 0 unspecified atom stereocenters. The van der Waals surface area contributed by atoms with Gasteiger partial charge in [0.05, 0.1) is 15.7 Å². The Balaban J connectivity index is 1.40. The lowest BCUT2D eigenvalue weighted by molar-refractivity contribution is 1.50. The molecule has 5 aromatic carbocycles. The summed E-state index contributed by atoms with van der Waals surface area (Å²) in [5.41, 5.74) is 7.92. The first-order chi connectivity index (χ1) is 14.3. The minimum absolute atomic E-state index is 1.07. The van der Waals surface area contributed by atoms with Crippen molar-refractivity contribution in [2.24, 2.45) is 0 Å². The molecule has 6 aromatic rings. The minimum Gasteiger partial charge on any atom is -0.245 e. The van der Waals surface area contributed by atoms with E-state index in [0.717, 1.165) is 5.52 Å². The zero-order chi connectivity index (χ0) is 19.2. The Morgan fingerprint density at radius 3 is 2.03 bits per heavy atom. The van der Waals surface area contributed by atoms with Crippen LogP contribution in [-0.2, 0) is 0 Å². The lowest BCUT2D eigenvalue weighted by Gasteiger charge is -2.08. The fourth-order valence-corrected chi connectivity index (χ4v) is 4.80. The van der Waals surface area contributed by atoms with Crippen LogP contribution in [0.25, 0.3) is 54.0 Å². The van der Waals surface area contributed by atoms with Crippen molar-refractivity contribution in [3.63, 3.8) is 0 Å². The van der Waals surface area contributed by atoms with Gasteiger partial charge in [0.25, 0.3) is 0 Å². The molecule has 0 fully saturated rings. The van der Waals surface area contributed by atoms with E-state index < -0.39 is 0 Å². The second-order valence-corrected chi connectivity index (χ2v) is 8.22. The van der Waals surface area contributed by atoms with Crippen LogP contribution in [0.15, 0.2) is 103 Å². The van der Waals surface area contributed by atoms with Crippen LogP contribution in [0.2, 0.25) is 0 Å². The Kier molecular flexibility index (Phi) is 3.71. The highest BCUT2D eigenvalue weighted by Gasteiger charge is 2.05. The van der Waals surface area contributed by atoms with Crippen LogP contribution in [0, 0.1) is 0 Å². The third kappa shape index (κ3) is 2.81. The highest BCUT2D eigenvalue weighted by atomic mass is 32.1. The first kappa shape index (κ1) is 16.5. The Morgan fingerprint density at radius 2 is 1.17 bits per heavy atom. The van der Waals surface area contributed by atoms with Gasteiger partial charge in [0.15, 0.2) is 0 Å². The molecule has 1 heterocycles. The van der Waals surface area contributed by atoms with Crippen LogP contribution in [0.1, 0.15) is 0 Å². The molecule has 0 saturated carbocycles. The Bertz CT molecular complexity index is 1490. The van der Waals surface area contributed by atoms with E-state index in [4.69, 9.17) is 0 Å². The molecule has 0 amide bonds. The highest BCUT2D eigenvalue weighted by Crippen LogP contribution is 2.31. The molecule has 0 atom stereocenters. The van der Waals surface area contributed by atoms with Gasteiger partial charge >= 0.3 is 0 Å². The Hall–Kier alpha value is -3.49. The third-order valence-corrected chi connectivity index (χ3v) is 6.42. The van der Waals surface area contributed by atoms with E-state index in [1.54, 1.807) is 11.3 Å². The molecule has 0 aliphatic carbocycles. The topological polar surface area (TPSA) is 12.9 Å². The number of nitrogens with zero attached hydrogens (tertiary/aromatic N) is 1. The summed E-state index contributed by atoms with van der Waals surface area (Å²) in [5.74, 6) is 0. The van der Waals surface area contributed by atoms with Crippen LogP contribution < -0.4 is 0 Å². The van der Waals surface area contributed by atoms with Gasteiger partial charge in [0.1, 0.15) is 0 Å². The molecule has 1 aromatic heterocycles. The molecule has 136 valence electrons. The molecule has 0 aliphatic heterocycles. The lowest BCUT2D eigenvalue weighted by Crippen LogP contribution is -1.82. The Morgan fingerprint density at radius 1 is 0.517 bits per heavy atom. The van der Waals surface area contributed by atoms with Crippen LogP contribution in [0.4, 0.5) is 0 Å². The molecule has 0 aliphatic rings. The first-order valence-electron chi connectivity index (χ1n) is 9.71. The van der Waals surface area contributed by atoms with Crippen molar-refractivity contribution >= 4 is 43.1 Å². The summed E-state index contributed by atoms with van der Waals surface area (Å²) in [5, 5.41) is 5.18. The predicted octanol–water partition coefficient (Wildman–Crippen LogP) is 7.94. The quantitative estimate of drug-likeness (QED) is 0.275. The molecule has 2 heteroatoms. The summed E-state index contributed by atoms with van der Waals surface area (Å²) in [7, 11) is 0. The van der Waals surface area contributed by atoms with Gasteiger partial charge < -0.3 is 0 Å². The molecule has 6 rings (SSSR count). The zero-order valence-corrected chi connectivity index (χ0v) is 16.5. The Labute approximate surface area is 172 Å². The summed E-state index contributed by atoms with van der Waals surface area (Å²) in [6, 6.07) is 35.1. The smallest absolute Gasteiger partial charge is 0.0812 e. The average Bonchev–Trinajstić information content (AvgIpc) is 3.27. The van der Waals surface area contributed by atoms with E-state index in [9.17, 15) is 0 Å². The largest absolute Gasteiger partial charge is 0.245 e. The lowest BCUT2D eigenvalue weighted by atomic mass is 9.96. The van der Waals surface area contributed by atoms with Crippen molar-refractivity contribution < 1.29 is 0 Å². The van der Waals surface area contributed by atoms with Crippen LogP contribution in [-0.4, -0.2) is 4.98 Å². The second-order valence-electron chi connectivity index (χ2n) is 7.33. The molecule has 29 heavy (non-hydrogen) atoms. The SMILES string of the molecule is c1ccc2c(c1)ccc1cc(-c3ccc(-c4ccc5ncsc5c4)cc3)ccc12. The van der Waals surface area contributed by atoms with Gasteiger partial charge in [-0.3, -0.25) is 0 Å². The molecule has 0 N–H and O–H groups in total. The van der Waals surface area contributed by atoms with E-state index in [2.05, 4.69) is 102 Å². The second kappa shape index (κ2) is 6.54. The van der Waals surface area contributed by atoms with Gasteiger partial charge in [-0.1, -0.05) is 78.9 Å². The van der Waals surface area contributed by atoms with Gasteiger partial charge in [-0.05, 0) is 62.0 Å². The fourth-order valence-electron chi connectivity index (χ4n) is 4.08. The maximum atomic E-state index is 4.37. The van der Waals surface area contributed by atoms with Crippen LogP contribution in [0.5, 0.6) is 0 Å². The number of hydrogen-bond donors (Lipinski definition) is 0. The summed E-state index contributed by atoms with van der Waals surface area (Å²) >= 11 is 1.69. The van der Waals surface area contributed by atoms with E-state index >= 15 is 0 Å². The van der Waals surface area contributed by atoms with Crippen molar-refractivity contribution in [3.8, 4) is 22.3 Å². The van der Waals surface area contributed by atoms with Crippen molar-refractivity contribution in [1.29, 1.82) is 0 Å². The number of benzene rings is 5. The summed E-state index contributed by atoms with van der Waals surface area (Å²) in [6.45, 7) is 0. The number of rotatable bonds is 2. The van der Waals surface area contributed by atoms with Gasteiger partial charge in [-0.15, -0.1) is 11.3 Å². The van der Waals surface area contributed by atoms with Crippen LogP contribution in [0.3, 0.4) is 0 Å². The standard InChI is InChI=1S/C27H17NS/c1-2-4-24-20(3-1)9-10-23-15-21(11-13-25(23)24)18-5-7-19(8-6-18)22-12-14-26-27(16-22)29-17-28-26/h1-17H. The third-order valence-electron chi connectivity index (χ3n) is 5.63. The monoisotopic (exact) mass is 387 g/mol. The van der Waals surface area contributed by atoms with E-state index in [0.29, 0.717) is 0 Å². The average molecular weight is 388 g/mol. The number of fused-ring (bicyclic) bond motifs is 4. The van der Waals surface area contributed by atoms with E-state index in [1.807, 2.05) is 5.51 Å². The fraction of sp³-hybridized carbons (Fsp3) is 0. The zero-order valence-electron chi connectivity index (χ0n) is 15.7. The maximum Gasteiger partial charge on any atom is 0.0812 e. The van der Waals surface area contributed by atoms with Crippen molar-refractivity contribution in [2.75, 3.05) is 0 Å². The molecule has 0 bridgehead atoms. The summed E-state index contributed by atoms with van der Waals surface area (Å²) in [6.07, 6.45) is 0. The van der Waals surface area contributed by atoms with Gasteiger partial charge in [0, 0.05) is 0 Å². The predicted molar refractivity (Wildman–Crippen MR) is 126 cm³/mol. The van der Waals surface area contributed by atoms with Gasteiger partial charge in [-0.2, -0.15) is 0 Å². The maximum absolute atomic E-state index is 4.37. The number of thiazole rings is 1. The molecular formula is C27H17NS. The first-order valence-corrected chi connectivity index (χ1v) is 10.6. The summed E-state index contributed by atoms with van der Waals surface area (Å²) in [4.78, 5) is 4.37. The molecule has 0 spiro atoms. The molecule has 0 saturated heterocycles. The van der Waals surface area contributed by atoms with Crippen molar-refractivity contribution in [1.82, 2.24) is 4.98 Å². The number of aromatic nitrogens is 1. The van der Waals surface area contributed by atoms with Gasteiger partial charge in [-0.25, -0.2) is 4.98 Å². The minimum atomic E-state index is 1.07. The van der Waals surface area contributed by atoms with Gasteiger partial charge in [0.2, 0.25) is 0 Å². The van der Waals surface area contributed by atoms with Crippen molar-refractivity contribution in [2.45, 2.75) is 0 Å². The van der Waals surface area contributed by atoms with E-state index in [-0.39, 0.29) is 0 Å². The molecule has 0 radical (unpaired) electrons. The number of hydrogen-bond acceptors (Lipinski definition) is 2. The summed E-state index contributed by atoms with van der Waals surface area (Å²) < 4.78 is 1.23. The van der Waals surface area contributed by atoms with E-state index in [1.165, 1.54) is 48.5 Å². The highest BCUT2D eigenvalue weighted by molar-refractivity contribution is 7.16. The molecular weight excluding hydrogens is 370 g/mol. The molecule has 1 nitrogen and oxygen atoms in total.